The summed E-state index contributed by atoms with van der Waals surface area (Å²) in [5.74, 6) is 0.589. The maximum absolute atomic E-state index is 12.7. The number of allylic oxidation sites excluding steroid dienone is 1. The van der Waals surface area contributed by atoms with Gasteiger partial charge < -0.3 is 20.3 Å². The fraction of sp³-hybridized carbons (Fsp3) is 0.0909. The van der Waals surface area contributed by atoms with E-state index in [9.17, 15) is 9.90 Å². The molecule has 0 atom stereocenters. The zero-order valence-corrected chi connectivity index (χ0v) is 15.3. The highest BCUT2D eigenvalue weighted by Crippen LogP contribution is 2.27. The van der Waals surface area contributed by atoms with Crippen molar-refractivity contribution in [3.05, 3.63) is 83.6 Å². The van der Waals surface area contributed by atoms with Crippen molar-refractivity contribution in [2.45, 2.75) is 6.61 Å². The van der Waals surface area contributed by atoms with Crippen LogP contribution in [-0.2, 0) is 6.61 Å². The Balaban J connectivity index is 1.79. The Morgan fingerprint density at radius 2 is 1.96 bits per heavy atom. The van der Waals surface area contributed by atoms with E-state index in [1.54, 1.807) is 48.7 Å². The molecule has 0 unspecified atom stereocenters. The predicted molar refractivity (Wildman–Crippen MR) is 108 cm³/mol. The van der Waals surface area contributed by atoms with Crippen LogP contribution in [0.5, 0.6) is 11.5 Å². The molecule has 1 aromatic heterocycles. The van der Waals surface area contributed by atoms with Gasteiger partial charge in [0, 0.05) is 11.9 Å². The first-order valence-electron chi connectivity index (χ1n) is 8.62. The molecular formula is C22H20N2O4. The summed E-state index contributed by atoms with van der Waals surface area (Å²) in [5.41, 5.74) is 2.65. The van der Waals surface area contributed by atoms with Crippen LogP contribution in [0.1, 0.15) is 21.5 Å². The minimum absolute atomic E-state index is 0.00663. The molecule has 0 aliphatic heterocycles. The number of hydrogen-bond acceptors (Lipinski definition) is 6. The van der Waals surface area contributed by atoms with E-state index in [1.165, 1.54) is 19.3 Å². The maximum Gasteiger partial charge on any atom is 0.189 e. The molecule has 0 aliphatic carbocycles. The Kier molecular flexibility index (Phi) is 6.04. The normalized spacial score (nSPS) is 10.8. The van der Waals surface area contributed by atoms with Crippen molar-refractivity contribution in [1.82, 2.24) is 4.98 Å². The second kappa shape index (κ2) is 8.83. The highest BCUT2D eigenvalue weighted by atomic mass is 16.5. The summed E-state index contributed by atoms with van der Waals surface area (Å²) in [6, 6.07) is 15.5. The Morgan fingerprint density at radius 1 is 1.18 bits per heavy atom. The standard InChI is InChI=1S/C22H20N2O4/c1-28-21-11-7-15(13-20(21)27)6-10-19(26)18-3-2-12-23-22(18)24-17-8-4-16(14-25)5-9-17/h2-13,25,27H,14H2,1H3,(H,23,24). The number of aromatic hydroxyl groups is 1. The van der Waals surface area contributed by atoms with Crippen LogP contribution < -0.4 is 10.1 Å². The number of nitrogens with zero attached hydrogens (tertiary/aromatic N) is 1. The van der Waals surface area contributed by atoms with Crippen LogP contribution in [0.4, 0.5) is 11.5 Å². The van der Waals surface area contributed by atoms with Gasteiger partial charge in [-0.2, -0.15) is 0 Å². The number of hydrogen-bond donors (Lipinski definition) is 3. The molecule has 0 bridgehead atoms. The van der Waals surface area contributed by atoms with E-state index in [2.05, 4.69) is 10.3 Å². The van der Waals surface area contributed by atoms with Gasteiger partial charge in [-0.05, 0) is 53.6 Å². The van der Waals surface area contributed by atoms with Crippen LogP contribution >= 0.6 is 0 Å². The number of ether oxygens (including phenoxy) is 1. The van der Waals surface area contributed by atoms with Gasteiger partial charge in [-0.1, -0.05) is 24.3 Å². The number of benzene rings is 2. The van der Waals surface area contributed by atoms with E-state index >= 15 is 0 Å². The minimum Gasteiger partial charge on any atom is -0.504 e. The third-order valence-corrected chi connectivity index (χ3v) is 4.10. The summed E-state index contributed by atoms with van der Waals surface area (Å²) >= 11 is 0. The number of ketones is 1. The largest absolute Gasteiger partial charge is 0.504 e. The van der Waals surface area contributed by atoms with Gasteiger partial charge in [0.25, 0.3) is 0 Å². The van der Waals surface area contributed by atoms with E-state index in [1.807, 2.05) is 12.1 Å². The molecule has 0 aliphatic rings. The molecule has 0 fully saturated rings. The molecule has 0 spiro atoms. The summed E-state index contributed by atoms with van der Waals surface area (Å²) < 4.78 is 5.01. The molecule has 0 radical (unpaired) electrons. The Bertz CT molecular complexity index is 998. The van der Waals surface area contributed by atoms with Gasteiger partial charge in [-0.25, -0.2) is 4.98 Å². The second-order valence-electron chi connectivity index (χ2n) is 6.01. The first kappa shape index (κ1) is 19.1. The molecular weight excluding hydrogens is 356 g/mol. The molecule has 2 aromatic carbocycles. The van der Waals surface area contributed by atoms with Gasteiger partial charge in [-0.15, -0.1) is 0 Å². The smallest absolute Gasteiger partial charge is 0.189 e. The molecule has 0 saturated heterocycles. The number of aromatic nitrogens is 1. The molecule has 28 heavy (non-hydrogen) atoms. The number of aliphatic hydroxyl groups is 1. The fourth-order valence-corrected chi connectivity index (χ4v) is 2.61. The number of phenols is 1. The lowest BCUT2D eigenvalue weighted by atomic mass is 10.1. The van der Waals surface area contributed by atoms with Crippen molar-refractivity contribution in [2.24, 2.45) is 0 Å². The van der Waals surface area contributed by atoms with E-state index < -0.39 is 0 Å². The van der Waals surface area contributed by atoms with Crippen LogP contribution in [0.25, 0.3) is 6.08 Å². The zero-order chi connectivity index (χ0) is 19.9. The minimum atomic E-state index is -0.224. The van der Waals surface area contributed by atoms with Crippen LogP contribution in [0.15, 0.2) is 66.9 Å². The number of aliphatic hydroxyl groups excluding tert-OH is 1. The number of methoxy groups -OCH3 is 1. The van der Waals surface area contributed by atoms with Crippen molar-refractivity contribution in [3.8, 4) is 11.5 Å². The van der Waals surface area contributed by atoms with Crippen molar-refractivity contribution in [1.29, 1.82) is 0 Å². The van der Waals surface area contributed by atoms with E-state index in [-0.39, 0.29) is 18.1 Å². The molecule has 0 amide bonds. The molecule has 1 heterocycles. The fourth-order valence-electron chi connectivity index (χ4n) is 2.61. The quantitative estimate of drug-likeness (QED) is 0.427. The van der Waals surface area contributed by atoms with Crippen molar-refractivity contribution in [2.75, 3.05) is 12.4 Å². The third-order valence-electron chi connectivity index (χ3n) is 4.10. The second-order valence-corrected chi connectivity index (χ2v) is 6.01. The Hall–Kier alpha value is -3.64. The first-order valence-corrected chi connectivity index (χ1v) is 8.62. The van der Waals surface area contributed by atoms with Gasteiger partial charge in [-0.3, -0.25) is 4.79 Å². The molecule has 0 saturated carbocycles. The van der Waals surface area contributed by atoms with Crippen LogP contribution in [-0.4, -0.2) is 28.1 Å². The molecule has 3 N–H and O–H groups in total. The van der Waals surface area contributed by atoms with E-state index in [0.29, 0.717) is 22.7 Å². The molecule has 6 heteroatoms. The van der Waals surface area contributed by atoms with Crippen molar-refractivity contribution >= 4 is 23.4 Å². The number of anilines is 2. The topological polar surface area (TPSA) is 91.7 Å². The Labute approximate surface area is 162 Å². The average Bonchev–Trinajstić information content (AvgIpc) is 2.73. The number of phenolic OH excluding ortho intramolecular Hbond substituents is 1. The number of nitrogens with one attached hydrogen (secondary N) is 1. The van der Waals surface area contributed by atoms with Crippen molar-refractivity contribution in [3.63, 3.8) is 0 Å². The van der Waals surface area contributed by atoms with E-state index in [4.69, 9.17) is 9.84 Å². The van der Waals surface area contributed by atoms with Crippen LogP contribution in [0, 0.1) is 0 Å². The predicted octanol–water partition coefficient (Wildman–Crippen LogP) is 3.93. The lowest BCUT2D eigenvalue weighted by Gasteiger charge is -2.09. The highest BCUT2D eigenvalue weighted by molar-refractivity contribution is 6.10. The molecule has 6 nitrogen and oxygen atoms in total. The summed E-state index contributed by atoms with van der Waals surface area (Å²) in [7, 11) is 1.47. The lowest BCUT2D eigenvalue weighted by molar-refractivity contribution is 0.104. The maximum atomic E-state index is 12.7. The van der Waals surface area contributed by atoms with Gasteiger partial charge in [0.15, 0.2) is 17.3 Å². The molecule has 142 valence electrons. The summed E-state index contributed by atoms with van der Waals surface area (Å²) in [5, 5.41) is 22.1. The van der Waals surface area contributed by atoms with E-state index in [0.717, 1.165) is 11.3 Å². The summed E-state index contributed by atoms with van der Waals surface area (Å²) in [6.45, 7) is -0.0285. The van der Waals surface area contributed by atoms with Crippen molar-refractivity contribution < 1.29 is 19.7 Å². The number of carbonyl (C=O) groups is 1. The monoisotopic (exact) mass is 376 g/mol. The zero-order valence-electron chi connectivity index (χ0n) is 15.3. The number of carbonyl (C=O) groups excluding carboxylic acids is 1. The van der Waals surface area contributed by atoms with Gasteiger partial charge in [0.05, 0.1) is 19.3 Å². The summed E-state index contributed by atoms with van der Waals surface area (Å²) in [6.07, 6.45) is 4.65. The number of rotatable bonds is 7. The number of pyridine rings is 1. The molecule has 3 rings (SSSR count). The molecule has 3 aromatic rings. The SMILES string of the molecule is COc1ccc(C=CC(=O)c2cccnc2Nc2ccc(CO)cc2)cc1O. The third kappa shape index (κ3) is 4.55. The first-order chi connectivity index (χ1) is 13.6. The Morgan fingerprint density at radius 3 is 2.64 bits per heavy atom. The summed E-state index contributed by atoms with van der Waals surface area (Å²) in [4.78, 5) is 16.9. The average molecular weight is 376 g/mol. The lowest BCUT2D eigenvalue weighted by Crippen LogP contribution is -2.03. The van der Waals surface area contributed by atoms with Gasteiger partial charge in [0.2, 0.25) is 0 Å². The van der Waals surface area contributed by atoms with Crippen LogP contribution in [0.2, 0.25) is 0 Å². The van der Waals surface area contributed by atoms with Gasteiger partial charge in [0.1, 0.15) is 5.82 Å². The van der Waals surface area contributed by atoms with Crippen LogP contribution in [0.3, 0.4) is 0 Å². The highest BCUT2D eigenvalue weighted by Gasteiger charge is 2.10. The van der Waals surface area contributed by atoms with Gasteiger partial charge >= 0.3 is 0 Å².